The number of rotatable bonds is 3. The lowest BCUT2D eigenvalue weighted by Gasteiger charge is -2.39. The Kier molecular flexibility index (Phi) is 6.15. The summed E-state index contributed by atoms with van der Waals surface area (Å²) in [6.45, 7) is 4.93. The van der Waals surface area contributed by atoms with E-state index in [1.54, 1.807) is 23.1 Å². The monoisotopic (exact) mass is 421 g/mol. The fourth-order valence-electron chi connectivity index (χ4n) is 4.26. The van der Waals surface area contributed by atoms with Crippen LogP contribution in [0.2, 0.25) is 5.02 Å². The third kappa shape index (κ3) is 4.61. The molecular formula is C21H28ClN3O4. The van der Waals surface area contributed by atoms with Crippen molar-refractivity contribution in [2.24, 2.45) is 5.92 Å². The average Bonchev–Trinajstić information content (AvgIpc) is 3.25. The summed E-state index contributed by atoms with van der Waals surface area (Å²) in [5, 5.41) is 3.59. The maximum absolute atomic E-state index is 13.2. The molecule has 3 aliphatic heterocycles. The topological polar surface area (TPSA) is 71.1 Å². The summed E-state index contributed by atoms with van der Waals surface area (Å²) in [5.41, 5.74) is 0.706. The molecule has 3 amide bonds. The van der Waals surface area contributed by atoms with Crippen LogP contribution in [-0.2, 0) is 9.53 Å². The molecule has 4 rings (SSSR count). The highest BCUT2D eigenvalue weighted by atomic mass is 35.5. The van der Waals surface area contributed by atoms with Gasteiger partial charge in [0.1, 0.15) is 11.9 Å². The summed E-state index contributed by atoms with van der Waals surface area (Å²) >= 11 is 6.14. The maximum atomic E-state index is 13.2. The molecule has 0 spiro atoms. The van der Waals surface area contributed by atoms with Gasteiger partial charge in [0.2, 0.25) is 5.91 Å². The van der Waals surface area contributed by atoms with Gasteiger partial charge < -0.3 is 19.7 Å². The van der Waals surface area contributed by atoms with Crippen LogP contribution in [0.15, 0.2) is 18.2 Å². The van der Waals surface area contributed by atoms with Crippen LogP contribution in [0.25, 0.3) is 0 Å². The van der Waals surface area contributed by atoms with Crippen LogP contribution >= 0.6 is 11.6 Å². The quantitative estimate of drug-likeness (QED) is 0.814. The van der Waals surface area contributed by atoms with Crippen molar-refractivity contribution in [2.45, 2.75) is 44.8 Å². The van der Waals surface area contributed by atoms with Crippen molar-refractivity contribution in [2.75, 3.05) is 37.7 Å². The van der Waals surface area contributed by atoms with Crippen molar-refractivity contribution in [3.63, 3.8) is 0 Å². The molecule has 2 atom stereocenters. The number of anilines is 1. The molecular weight excluding hydrogens is 394 g/mol. The number of carbonyl (C=O) groups is 2. The van der Waals surface area contributed by atoms with Crippen LogP contribution in [0, 0.1) is 5.92 Å². The van der Waals surface area contributed by atoms with E-state index in [9.17, 15) is 9.59 Å². The van der Waals surface area contributed by atoms with Crippen molar-refractivity contribution in [1.29, 1.82) is 0 Å². The summed E-state index contributed by atoms with van der Waals surface area (Å²) in [7, 11) is 0. The third-order valence-corrected chi connectivity index (χ3v) is 6.11. The molecule has 1 N–H and O–H groups in total. The van der Waals surface area contributed by atoms with Gasteiger partial charge in [-0.2, -0.15) is 0 Å². The van der Waals surface area contributed by atoms with E-state index >= 15 is 0 Å². The van der Waals surface area contributed by atoms with E-state index in [1.807, 2.05) is 11.8 Å². The minimum Gasteiger partial charge on any atom is -0.487 e. The third-order valence-electron chi connectivity index (χ3n) is 5.87. The van der Waals surface area contributed by atoms with Gasteiger partial charge in [0.05, 0.1) is 18.3 Å². The molecule has 7 nitrogen and oxygen atoms in total. The number of piperidine rings is 1. The Balaban J connectivity index is 1.33. The molecule has 2 saturated heterocycles. The smallest absolute Gasteiger partial charge is 0.324 e. The van der Waals surface area contributed by atoms with Gasteiger partial charge in [-0.1, -0.05) is 11.6 Å². The Hall–Kier alpha value is -1.99. The fraction of sp³-hybridized carbons (Fsp3) is 0.619. The number of hydrogen-bond donors (Lipinski definition) is 1. The summed E-state index contributed by atoms with van der Waals surface area (Å²) in [4.78, 5) is 29.2. The van der Waals surface area contributed by atoms with Crippen molar-refractivity contribution in [3.05, 3.63) is 23.2 Å². The SMILES string of the molecule is CC1CN(C(=O)N2CCC(C(=O)NCC3CCCO3)CC2)c2cc(Cl)ccc2O1. The largest absolute Gasteiger partial charge is 0.487 e. The molecule has 0 saturated carbocycles. The van der Waals surface area contributed by atoms with Crippen LogP contribution in [0.1, 0.15) is 32.6 Å². The van der Waals surface area contributed by atoms with Gasteiger partial charge in [0.25, 0.3) is 0 Å². The number of halogens is 1. The number of carbonyl (C=O) groups excluding carboxylic acids is 2. The van der Waals surface area contributed by atoms with Gasteiger partial charge in [-0.3, -0.25) is 9.69 Å². The first-order chi connectivity index (χ1) is 14.0. The van der Waals surface area contributed by atoms with Crippen molar-refractivity contribution in [1.82, 2.24) is 10.2 Å². The molecule has 0 radical (unpaired) electrons. The van der Waals surface area contributed by atoms with E-state index in [0.717, 1.165) is 19.4 Å². The standard InChI is InChI=1S/C21H28ClN3O4/c1-14-13-25(18-11-16(22)4-5-19(18)29-14)21(27)24-8-6-15(7-9-24)20(26)23-12-17-3-2-10-28-17/h4-5,11,14-15,17H,2-3,6-10,12-13H2,1H3,(H,23,26). The number of amides is 3. The zero-order chi connectivity index (χ0) is 20.4. The normalized spacial score (nSPS) is 24.8. The zero-order valence-corrected chi connectivity index (χ0v) is 17.5. The number of hydrogen-bond acceptors (Lipinski definition) is 4. The molecule has 0 bridgehead atoms. The van der Waals surface area contributed by atoms with Gasteiger partial charge in [-0.15, -0.1) is 0 Å². The van der Waals surface area contributed by atoms with Gasteiger partial charge in [-0.05, 0) is 50.8 Å². The van der Waals surface area contributed by atoms with Gasteiger partial charge >= 0.3 is 6.03 Å². The zero-order valence-electron chi connectivity index (χ0n) is 16.7. The Morgan fingerprint density at radius 1 is 1.24 bits per heavy atom. The predicted molar refractivity (Wildman–Crippen MR) is 111 cm³/mol. The molecule has 1 aromatic carbocycles. The molecule has 29 heavy (non-hydrogen) atoms. The highest BCUT2D eigenvalue weighted by Gasteiger charge is 2.34. The first-order valence-corrected chi connectivity index (χ1v) is 10.8. The van der Waals surface area contributed by atoms with Gasteiger partial charge in [0, 0.05) is 37.2 Å². The molecule has 8 heteroatoms. The summed E-state index contributed by atoms with van der Waals surface area (Å²) in [6, 6.07) is 5.29. The van der Waals surface area contributed by atoms with E-state index in [1.165, 1.54) is 0 Å². The lowest BCUT2D eigenvalue weighted by atomic mass is 9.96. The minimum atomic E-state index is -0.0891. The van der Waals surface area contributed by atoms with E-state index in [4.69, 9.17) is 21.1 Å². The number of benzene rings is 1. The molecule has 3 aliphatic rings. The molecule has 2 unspecified atom stereocenters. The van der Waals surface area contributed by atoms with E-state index in [-0.39, 0.29) is 30.1 Å². The van der Waals surface area contributed by atoms with E-state index in [2.05, 4.69) is 5.32 Å². The molecule has 2 fully saturated rings. The van der Waals surface area contributed by atoms with Gasteiger partial charge in [-0.25, -0.2) is 4.79 Å². The average molecular weight is 422 g/mol. The Morgan fingerprint density at radius 2 is 2.03 bits per heavy atom. The second-order valence-electron chi connectivity index (χ2n) is 8.08. The van der Waals surface area contributed by atoms with Gasteiger partial charge in [0.15, 0.2) is 0 Å². The van der Waals surface area contributed by atoms with Crippen molar-refractivity contribution in [3.8, 4) is 5.75 Å². The number of nitrogens with one attached hydrogen (secondary N) is 1. The first kappa shape index (κ1) is 20.3. The number of fused-ring (bicyclic) bond motifs is 1. The summed E-state index contributed by atoms with van der Waals surface area (Å²) in [5.74, 6) is 0.695. The lowest BCUT2D eigenvalue weighted by Crippen LogP contribution is -2.52. The number of urea groups is 1. The molecule has 1 aromatic rings. The highest BCUT2D eigenvalue weighted by molar-refractivity contribution is 6.31. The second-order valence-corrected chi connectivity index (χ2v) is 8.51. The Morgan fingerprint density at radius 3 is 2.76 bits per heavy atom. The maximum Gasteiger partial charge on any atom is 0.324 e. The Labute approximate surface area is 176 Å². The summed E-state index contributed by atoms with van der Waals surface area (Å²) < 4.78 is 11.4. The predicted octanol–water partition coefficient (Wildman–Crippen LogP) is 3.05. The van der Waals surface area contributed by atoms with Crippen molar-refractivity contribution < 1.29 is 19.1 Å². The number of ether oxygens (including phenoxy) is 2. The van der Waals surface area contributed by atoms with Crippen LogP contribution in [-0.4, -0.2) is 61.8 Å². The molecule has 3 heterocycles. The molecule has 158 valence electrons. The fourth-order valence-corrected chi connectivity index (χ4v) is 4.43. The van der Waals surface area contributed by atoms with Crippen LogP contribution in [0.3, 0.4) is 0 Å². The van der Waals surface area contributed by atoms with Crippen LogP contribution in [0.4, 0.5) is 10.5 Å². The van der Waals surface area contributed by atoms with Crippen molar-refractivity contribution >= 4 is 29.2 Å². The van der Waals surface area contributed by atoms with Crippen LogP contribution in [0.5, 0.6) is 5.75 Å². The Bertz CT molecular complexity index is 760. The second kappa shape index (κ2) is 8.79. The van der Waals surface area contributed by atoms with E-state index in [0.29, 0.717) is 55.5 Å². The molecule has 0 aliphatic carbocycles. The highest BCUT2D eigenvalue weighted by Crippen LogP contribution is 2.36. The lowest BCUT2D eigenvalue weighted by molar-refractivity contribution is -0.126. The summed E-state index contributed by atoms with van der Waals surface area (Å²) in [6.07, 6.45) is 3.48. The number of likely N-dealkylation sites (tertiary alicyclic amines) is 1. The van der Waals surface area contributed by atoms with E-state index < -0.39 is 0 Å². The van der Waals surface area contributed by atoms with Crippen LogP contribution < -0.4 is 15.0 Å². The molecule has 0 aromatic heterocycles. The number of nitrogens with zero attached hydrogens (tertiary/aromatic N) is 2. The minimum absolute atomic E-state index is 0.0502. The first-order valence-electron chi connectivity index (χ1n) is 10.4.